The molecule has 0 fully saturated rings. The van der Waals surface area contributed by atoms with Gasteiger partial charge in [0.05, 0.1) is 0 Å². The van der Waals surface area contributed by atoms with Crippen LogP contribution >= 0.6 is 0 Å². The van der Waals surface area contributed by atoms with Crippen molar-refractivity contribution in [3.8, 4) is 0 Å². The zero-order chi connectivity index (χ0) is 21.6. The van der Waals surface area contributed by atoms with Gasteiger partial charge in [0.1, 0.15) is 5.60 Å². The van der Waals surface area contributed by atoms with Crippen LogP contribution < -0.4 is 0 Å². The van der Waals surface area contributed by atoms with E-state index in [0.717, 1.165) is 0 Å². The standard InChI is InChI=1S/C12H15F7O6S/c1-6(20)9(5,7(21)24-8(2,3)4)11(16,17)25-26(22,23)12(18,19)10(13,14)15/h1-5H3. The van der Waals surface area contributed by atoms with E-state index in [-0.39, 0.29) is 6.92 Å². The average Bonchev–Trinajstić information content (AvgIpc) is 2.31. The van der Waals surface area contributed by atoms with E-state index in [1.165, 1.54) is 20.8 Å². The summed E-state index contributed by atoms with van der Waals surface area (Å²) in [5.74, 6) is -3.89. The Kier molecular flexibility index (Phi) is 6.25. The maximum absolute atomic E-state index is 14.1. The van der Waals surface area contributed by atoms with Gasteiger partial charge in [-0.05, 0) is 34.6 Å². The number of halogens is 7. The predicted octanol–water partition coefficient (Wildman–Crippen LogP) is 3.02. The molecule has 0 aliphatic carbocycles. The summed E-state index contributed by atoms with van der Waals surface area (Å²) in [6, 6.07) is 0. The number of carbonyl (C=O) groups is 2. The number of ketones is 1. The lowest BCUT2D eigenvalue weighted by Crippen LogP contribution is -2.57. The minimum absolute atomic E-state index is 0.0880. The lowest BCUT2D eigenvalue weighted by atomic mass is 9.84. The Labute approximate surface area is 143 Å². The molecule has 0 heterocycles. The van der Waals surface area contributed by atoms with Crippen molar-refractivity contribution in [2.75, 3.05) is 0 Å². The molecule has 6 nitrogen and oxygen atoms in total. The third-order valence-electron chi connectivity index (χ3n) is 2.95. The van der Waals surface area contributed by atoms with E-state index in [0.29, 0.717) is 6.92 Å². The quantitative estimate of drug-likeness (QED) is 0.284. The summed E-state index contributed by atoms with van der Waals surface area (Å²) in [6.45, 7) is 3.93. The van der Waals surface area contributed by atoms with Crippen LogP contribution in [0.3, 0.4) is 0 Å². The van der Waals surface area contributed by atoms with E-state index < -0.39 is 50.4 Å². The topological polar surface area (TPSA) is 86.7 Å². The summed E-state index contributed by atoms with van der Waals surface area (Å²) in [4.78, 5) is 23.4. The predicted molar refractivity (Wildman–Crippen MR) is 70.6 cm³/mol. The molecule has 0 spiro atoms. The monoisotopic (exact) mass is 420 g/mol. The van der Waals surface area contributed by atoms with Gasteiger partial charge in [-0.15, -0.1) is 0 Å². The summed E-state index contributed by atoms with van der Waals surface area (Å²) in [7, 11) is -7.34. The molecule has 0 rings (SSSR count). The molecule has 1 unspecified atom stereocenters. The first-order chi connectivity index (χ1) is 11.0. The number of Topliss-reactive ketones (excluding diaryl/α,β-unsaturated/α-hetero) is 1. The fourth-order valence-electron chi connectivity index (χ4n) is 1.26. The van der Waals surface area contributed by atoms with Crippen molar-refractivity contribution in [3.63, 3.8) is 0 Å². The van der Waals surface area contributed by atoms with Crippen molar-refractivity contribution in [2.45, 2.75) is 57.8 Å². The normalized spacial score (nSPS) is 16.8. The molecule has 26 heavy (non-hydrogen) atoms. The molecule has 0 saturated heterocycles. The Hall–Kier alpha value is -1.44. The Bertz CT molecular complexity index is 677. The van der Waals surface area contributed by atoms with Gasteiger partial charge in [0, 0.05) is 0 Å². The van der Waals surface area contributed by atoms with E-state index in [1.807, 2.05) is 0 Å². The van der Waals surface area contributed by atoms with Crippen molar-refractivity contribution in [1.29, 1.82) is 0 Å². The molecule has 154 valence electrons. The molecule has 0 amide bonds. The van der Waals surface area contributed by atoms with Crippen LogP contribution in [0.5, 0.6) is 0 Å². The molecule has 0 radical (unpaired) electrons. The van der Waals surface area contributed by atoms with Crippen LogP contribution in [0.1, 0.15) is 34.6 Å². The first-order valence-electron chi connectivity index (χ1n) is 6.55. The molecule has 0 aromatic carbocycles. The van der Waals surface area contributed by atoms with Gasteiger partial charge >= 0.3 is 33.6 Å². The number of hydrogen-bond acceptors (Lipinski definition) is 6. The van der Waals surface area contributed by atoms with Crippen LogP contribution in [0, 0.1) is 5.41 Å². The number of hydrogen-bond donors (Lipinski definition) is 0. The number of esters is 1. The number of rotatable bonds is 6. The molecular formula is C12H15F7O6S. The fraction of sp³-hybridized carbons (Fsp3) is 0.833. The lowest BCUT2D eigenvalue weighted by molar-refractivity contribution is -0.269. The first-order valence-corrected chi connectivity index (χ1v) is 7.96. The molecular weight excluding hydrogens is 405 g/mol. The Morgan fingerprint density at radius 1 is 0.846 bits per heavy atom. The molecule has 0 aromatic rings. The zero-order valence-corrected chi connectivity index (χ0v) is 14.8. The SMILES string of the molecule is CC(=O)C(C)(C(=O)OC(C)(C)C)C(F)(F)OS(=O)(=O)C(F)(F)C(F)(F)F. The van der Waals surface area contributed by atoms with E-state index in [1.54, 1.807) is 0 Å². The molecule has 0 aromatic heterocycles. The highest BCUT2D eigenvalue weighted by Crippen LogP contribution is 2.47. The third kappa shape index (κ3) is 4.45. The second-order valence-electron chi connectivity index (χ2n) is 6.25. The number of carbonyl (C=O) groups excluding carboxylic acids is 2. The van der Waals surface area contributed by atoms with Gasteiger partial charge in [0.15, 0.2) is 5.78 Å². The fourth-order valence-corrected chi connectivity index (χ4v) is 2.09. The molecule has 1 atom stereocenters. The lowest BCUT2D eigenvalue weighted by Gasteiger charge is -2.34. The van der Waals surface area contributed by atoms with Crippen LogP contribution in [0.25, 0.3) is 0 Å². The molecule has 0 aliphatic rings. The Balaban J connectivity index is 6.18. The number of ether oxygens (including phenoxy) is 1. The molecule has 14 heteroatoms. The van der Waals surface area contributed by atoms with Gasteiger partial charge in [0.25, 0.3) is 0 Å². The van der Waals surface area contributed by atoms with Crippen molar-refractivity contribution in [1.82, 2.24) is 0 Å². The van der Waals surface area contributed by atoms with Gasteiger partial charge in [-0.2, -0.15) is 43.3 Å². The van der Waals surface area contributed by atoms with Crippen molar-refractivity contribution < 1.29 is 57.7 Å². The maximum Gasteiger partial charge on any atom is 0.472 e. The molecule has 0 N–H and O–H groups in total. The van der Waals surface area contributed by atoms with E-state index in [2.05, 4.69) is 8.92 Å². The van der Waals surface area contributed by atoms with Gasteiger partial charge in [0.2, 0.25) is 5.41 Å². The summed E-state index contributed by atoms with van der Waals surface area (Å²) >= 11 is 0. The van der Waals surface area contributed by atoms with Gasteiger partial charge in [-0.1, -0.05) is 0 Å². The van der Waals surface area contributed by atoms with Gasteiger partial charge in [-0.25, -0.2) is 0 Å². The average molecular weight is 420 g/mol. The second-order valence-corrected chi connectivity index (χ2v) is 7.84. The summed E-state index contributed by atoms with van der Waals surface area (Å²) in [6.07, 6.45) is -12.4. The highest BCUT2D eigenvalue weighted by Gasteiger charge is 2.73. The molecule has 0 bridgehead atoms. The minimum atomic E-state index is -7.34. The molecule has 0 aliphatic heterocycles. The van der Waals surface area contributed by atoms with Crippen molar-refractivity contribution >= 4 is 21.9 Å². The summed E-state index contributed by atoms with van der Waals surface area (Å²) in [5.41, 5.74) is -5.31. The zero-order valence-electron chi connectivity index (χ0n) is 14.0. The second kappa shape index (κ2) is 6.62. The Morgan fingerprint density at radius 2 is 1.23 bits per heavy atom. The van der Waals surface area contributed by atoms with Gasteiger partial charge in [-0.3, -0.25) is 9.59 Å². The van der Waals surface area contributed by atoms with Crippen LogP contribution in [0.2, 0.25) is 0 Å². The van der Waals surface area contributed by atoms with E-state index in [4.69, 9.17) is 0 Å². The van der Waals surface area contributed by atoms with Crippen molar-refractivity contribution in [2.24, 2.45) is 5.41 Å². The van der Waals surface area contributed by atoms with Crippen LogP contribution in [-0.2, 0) is 28.6 Å². The van der Waals surface area contributed by atoms with Gasteiger partial charge < -0.3 is 4.74 Å². The minimum Gasteiger partial charge on any atom is -0.459 e. The summed E-state index contributed by atoms with van der Waals surface area (Å²) < 4.78 is 120. The van der Waals surface area contributed by atoms with Crippen molar-refractivity contribution in [3.05, 3.63) is 0 Å². The highest BCUT2D eigenvalue weighted by molar-refractivity contribution is 7.87. The Morgan fingerprint density at radius 3 is 1.50 bits per heavy atom. The smallest absolute Gasteiger partial charge is 0.459 e. The van der Waals surface area contributed by atoms with E-state index >= 15 is 0 Å². The number of alkyl halides is 7. The van der Waals surface area contributed by atoms with Crippen LogP contribution in [0.4, 0.5) is 30.7 Å². The largest absolute Gasteiger partial charge is 0.472 e. The third-order valence-corrected chi connectivity index (χ3v) is 4.24. The molecule has 0 saturated carbocycles. The first kappa shape index (κ1) is 24.6. The van der Waals surface area contributed by atoms with E-state index in [9.17, 15) is 48.7 Å². The van der Waals surface area contributed by atoms with Crippen LogP contribution in [-0.4, -0.2) is 43.3 Å². The highest BCUT2D eigenvalue weighted by atomic mass is 32.2. The summed E-state index contributed by atoms with van der Waals surface area (Å²) in [5, 5.41) is -6.73. The maximum atomic E-state index is 14.1. The van der Waals surface area contributed by atoms with Crippen LogP contribution in [0.15, 0.2) is 0 Å².